The van der Waals surface area contributed by atoms with Gasteiger partial charge in [0.1, 0.15) is 5.76 Å². The predicted octanol–water partition coefficient (Wildman–Crippen LogP) is 2.16. The van der Waals surface area contributed by atoms with Gasteiger partial charge >= 0.3 is 0 Å². The summed E-state index contributed by atoms with van der Waals surface area (Å²) in [6.45, 7) is 10.9. The number of rotatable bonds is 4. The zero-order valence-corrected chi connectivity index (χ0v) is 12.9. The number of oxazole rings is 1. The van der Waals surface area contributed by atoms with Crippen molar-refractivity contribution in [1.29, 1.82) is 0 Å². The Labute approximate surface area is 124 Å². The zero-order valence-electron chi connectivity index (χ0n) is 12.9. The summed E-state index contributed by atoms with van der Waals surface area (Å²) in [5, 5.41) is 3.93. The van der Waals surface area contributed by atoms with Crippen LogP contribution in [0.2, 0.25) is 0 Å². The maximum atomic E-state index is 5.63. The van der Waals surface area contributed by atoms with E-state index in [4.69, 9.17) is 8.94 Å². The number of nitrogens with zero attached hydrogens (tertiary/aromatic N) is 4. The Bertz CT molecular complexity index is 584. The van der Waals surface area contributed by atoms with E-state index in [1.807, 2.05) is 19.9 Å². The first-order valence-electron chi connectivity index (χ1n) is 7.43. The molecule has 0 unspecified atom stereocenters. The van der Waals surface area contributed by atoms with E-state index in [0.29, 0.717) is 0 Å². The zero-order chi connectivity index (χ0) is 14.8. The molecule has 0 bridgehead atoms. The molecule has 3 rings (SSSR count). The number of piperazine rings is 1. The molecule has 1 aliphatic heterocycles. The number of aromatic nitrogens is 2. The standard InChI is InChI=1S/C15H22N4O2/c1-11-8-14(21-17-11)10-18-4-6-19(7-5-18)13(3)15-16-9-12(2)20-15/h8-9,13H,4-7,10H2,1-3H3/t13-/m0/s1. The Balaban J connectivity index is 1.52. The van der Waals surface area contributed by atoms with Gasteiger partial charge in [0.15, 0.2) is 5.76 Å². The van der Waals surface area contributed by atoms with Gasteiger partial charge in [-0.1, -0.05) is 5.16 Å². The molecule has 0 aliphatic carbocycles. The van der Waals surface area contributed by atoms with E-state index >= 15 is 0 Å². The first-order valence-corrected chi connectivity index (χ1v) is 7.43. The first-order chi connectivity index (χ1) is 10.1. The normalized spacial score (nSPS) is 19.0. The van der Waals surface area contributed by atoms with Crippen LogP contribution in [0, 0.1) is 13.8 Å². The molecular formula is C15H22N4O2. The van der Waals surface area contributed by atoms with Gasteiger partial charge in [-0.2, -0.15) is 0 Å². The lowest BCUT2D eigenvalue weighted by molar-refractivity contribution is 0.0818. The third-order valence-corrected chi connectivity index (χ3v) is 4.01. The molecule has 6 nitrogen and oxygen atoms in total. The average molecular weight is 290 g/mol. The monoisotopic (exact) mass is 290 g/mol. The summed E-state index contributed by atoms with van der Waals surface area (Å²) in [4.78, 5) is 9.14. The average Bonchev–Trinajstić information content (AvgIpc) is 3.08. The Morgan fingerprint density at radius 2 is 2.00 bits per heavy atom. The molecule has 2 aromatic rings. The molecule has 0 N–H and O–H groups in total. The quantitative estimate of drug-likeness (QED) is 0.860. The van der Waals surface area contributed by atoms with Crippen molar-refractivity contribution in [1.82, 2.24) is 19.9 Å². The van der Waals surface area contributed by atoms with E-state index in [9.17, 15) is 0 Å². The van der Waals surface area contributed by atoms with Crippen LogP contribution in [0.25, 0.3) is 0 Å². The van der Waals surface area contributed by atoms with Crippen molar-refractivity contribution in [3.63, 3.8) is 0 Å². The highest BCUT2D eigenvalue weighted by atomic mass is 16.5. The van der Waals surface area contributed by atoms with Crippen molar-refractivity contribution >= 4 is 0 Å². The number of hydrogen-bond acceptors (Lipinski definition) is 6. The van der Waals surface area contributed by atoms with Crippen LogP contribution in [0.4, 0.5) is 0 Å². The van der Waals surface area contributed by atoms with Gasteiger partial charge in [0.05, 0.1) is 24.5 Å². The molecule has 0 amide bonds. The fourth-order valence-electron chi connectivity index (χ4n) is 2.74. The molecule has 1 fully saturated rings. The third kappa shape index (κ3) is 3.33. The topological polar surface area (TPSA) is 58.5 Å². The van der Waals surface area contributed by atoms with Crippen molar-refractivity contribution in [2.45, 2.75) is 33.4 Å². The molecule has 3 heterocycles. The third-order valence-electron chi connectivity index (χ3n) is 4.01. The first kappa shape index (κ1) is 14.3. The summed E-state index contributed by atoms with van der Waals surface area (Å²) in [6, 6.07) is 2.23. The maximum absolute atomic E-state index is 5.63. The highest BCUT2D eigenvalue weighted by Crippen LogP contribution is 2.21. The largest absolute Gasteiger partial charge is 0.444 e. The van der Waals surface area contributed by atoms with Crippen LogP contribution in [0.1, 0.15) is 36.1 Å². The molecule has 1 aliphatic rings. The second kappa shape index (κ2) is 5.99. The van der Waals surface area contributed by atoms with Crippen molar-refractivity contribution < 1.29 is 8.94 Å². The van der Waals surface area contributed by atoms with Crippen molar-refractivity contribution in [2.24, 2.45) is 0 Å². The van der Waals surface area contributed by atoms with Gasteiger partial charge in [-0.05, 0) is 20.8 Å². The van der Waals surface area contributed by atoms with E-state index in [-0.39, 0.29) is 6.04 Å². The fraction of sp³-hybridized carbons (Fsp3) is 0.600. The lowest BCUT2D eigenvalue weighted by Gasteiger charge is -2.36. The molecule has 2 aromatic heterocycles. The van der Waals surface area contributed by atoms with Crippen LogP contribution in [0.15, 0.2) is 21.2 Å². The second-order valence-electron chi connectivity index (χ2n) is 5.73. The molecule has 0 spiro atoms. The van der Waals surface area contributed by atoms with Crippen molar-refractivity contribution in [3.8, 4) is 0 Å². The summed E-state index contributed by atoms with van der Waals surface area (Å²) in [7, 11) is 0. The van der Waals surface area contributed by atoms with E-state index in [2.05, 4.69) is 26.9 Å². The van der Waals surface area contributed by atoms with Gasteiger partial charge in [0.25, 0.3) is 0 Å². The molecule has 0 saturated carbocycles. The smallest absolute Gasteiger partial charge is 0.211 e. The molecule has 6 heteroatoms. The summed E-state index contributed by atoms with van der Waals surface area (Å²) in [6.07, 6.45) is 1.79. The summed E-state index contributed by atoms with van der Waals surface area (Å²) < 4.78 is 10.9. The lowest BCUT2D eigenvalue weighted by Crippen LogP contribution is -2.46. The highest BCUT2D eigenvalue weighted by Gasteiger charge is 2.25. The molecule has 1 saturated heterocycles. The molecule has 0 radical (unpaired) electrons. The van der Waals surface area contributed by atoms with E-state index in [0.717, 1.165) is 55.8 Å². The molecule has 0 aromatic carbocycles. The molecule has 21 heavy (non-hydrogen) atoms. The molecule has 1 atom stereocenters. The van der Waals surface area contributed by atoms with Gasteiger partial charge < -0.3 is 8.94 Å². The Morgan fingerprint density at radius 3 is 2.57 bits per heavy atom. The van der Waals surface area contributed by atoms with Gasteiger partial charge in [-0.3, -0.25) is 9.80 Å². The van der Waals surface area contributed by atoms with Crippen LogP contribution < -0.4 is 0 Å². The van der Waals surface area contributed by atoms with E-state index in [1.54, 1.807) is 6.20 Å². The summed E-state index contributed by atoms with van der Waals surface area (Å²) >= 11 is 0. The maximum Gasteiger partial charge on any atom is 0.211 e. The Morgan fingerprint density at radius 1 is 1.24 bits per heavy atom. The SMILES string of the molecule is Cc1cc(CN2CCN([C@@H](C)c3ncc(C)o3)CC2)on1. The lowest BCUT2D eigenvalue weighted by atomic mass is 10.2. The second-order valence-corrected chi connectivity index (χ2v) is 5.73. The number of hydrogen-bond donors (Lipinski definition) is 0. The molecule has 114 valence electrons. The van der Waals surface area contributed by atoms with Gasteiger partial charge in [-0.15, -0.1) is 0 Å². The Hall–Kier alpha value is -1.66. The van der Waals surface area contributed by atoms with Crippen molar-refractivity contribution in [3.05, 3.63) is 35.4 Å². The summed E-state index contributed by atoms with van der Waals surface area (Å²) in [5.74, 6) is 2.63. The minimum atomic E-state index is 0.230. The van der Waals surface area contributed by atoms with Crippen LogP contribution in [-0.4, -0.2) is 46.1 Å². The van der Waals surface area contributed by atoms with Gasteiger partial charge in [0.2, 0.25) is 5.89 Å². The summed E-state index contributed by atoms with van der Waals surface area (Å²) in [5.41, 5.74) is 0.941. The Kier molecular flexibility index (Phi) is 4.07. The van der Waals surface area contributed by atoms with Crippen LogP contribution in [0.5, 0.6) is 0 Å². The van der Waals surface area contributed by atoms with Crippen LogP contribution in [-0.2, 0) is 6.54 Å². The fourth-order valence-corrected chi connectivity index (χ4v) is 2.74. The highest BCUT2D eigenvalue weighted by molar-refractivity contribution is 5.03. The van der Waals surface area contributed by atoms with E-state index < -0.39 is 0 Å². The van der Waals surface area contributed by atoms with Crippen LogP contribution in [0.3, 0.4) is 0 Å². The number of aryl methyl sites for hydroxylation is 2. The molecular weight excluding hydrogens is 268 g/mol. The minimum Gasteiger partial charge on any atom is -0.444 e. The van der Waals surface area contributed by atoms with Gasteiger partial charge in [0, 0.05) is 32.2 Å². The van der Waals surface area contributed by atoms with Crippen LogP contribution >= 0.6 is 0 Å². The van der Waals surface area contributed by atoms with Crippen molar-refractivity contribution in [2.75, 3.05) is 26.2 Å². The minimum absolute atomic E-state index is 0.230. The van der Waals surface area contributed by atoms with E-state index in [1.165, 1.54) is 0 Å². The predicted molar refractivity (Wildman–Crippen MR) is 77.7 cm³/mol. The van der Waals surface area contributed by atoms with Gasteiger partial charge in [-0.25, -0.2) is 4.98 Å².